The van der Waals surface area contributed by atoms with Crippen molar-refractivity contribution in [2.24, 2.45) is 0 Å². The van der Waals surface area contributed by atoms with Crippen molar-refractivity contribution in [2.75, 3.05) is 0 Å². The Labute approximate surface area is 66.9 Å². The number of hydrogen-bond acceptors (Lipinski definition) is 0. The summed E-state index contributed by atoms with van der Waals surface area (Å²) in [6.07, 6.45) is 4.24. The molecule has 0 atom stereocenters. The molecule has 0 spiro atoms. The fourth-order valence-electron chi connectivity index (χ4n) is 1.73. The Bertz CT molecular complexity index is 111. The first-order valence-corrected chi connectivity index (χ1v) is 8.98. The molecule has 0 aromatic carbocycles. The van der Waals surface area contributed by atoms with E-state index in [1.165, 1.54) is 12.1 Å². The summed E-state index contributed by atoms with van der Waals surface area (Å²) < 4.78 is 0. The second-order valence-electron chi connectivity index (χ2n) is 3.25. The van der Waals surface area contributed by atoms with Crippen LogP contribution in [-0.2, 0) is 0 Å². The van der Waals surface area contributed by atoms with Crippen LogP contribution in [0.4, 0.5) is 0 Å². The van der Waals surface area contributed by atoms with Gasteiger partial charge in [-0.15, -0.1) is 13.2 Å². The average Bonchev–Trinajstić information content (AvgIpc) is 1.84. The second-order valence-corrected chi connectivity index (χ2v) is 11.4. The summed E-state index contributed by atoms with van der Waals surface area (Å²) in [5, 5.41) is 0. The van der Waals surface area contributed by atoms with Crippen molar-refractivity contribution in [1.29, 1.82) is 0 Å². The molecule has 0 N–H and O–H groups in total. The standard InChI is InChI=1S/C8H16Si2/c1-3-5-9-7-10(8-9)6-4-2/h3-4,9-10H,1-2,5-8H2. The van der Waals surface area contributed by atoms with E-state index < -0.39 is 0 Å². The van der Waals surface area contributed by atoms with E-state index in [1.54, 1.807) is 11.3 Å². The third-order valence-corrected chi connectivity index (χ3v) is 15.0. The van der Waals surface area contributed by atoms with Crippen LogP contribution in [0, 0.1) is 0 Å². The van der Waals surface area contributed by atoms with Crippen LogP contribution in [-0.4, -0.2) is 17.6 Å². The van der Waals surface area contributed by atoms with Gasteiger partial charge in [0, 0.05) is 17.6 Å². The van der Waals surface area contributed by atoms with Crippen LogP contribution in [0.15, 0.2) is 25.3 Å². The van der Waals surface area contributed by atoms with Gasteiger partial charge < -0.3 is 0 Å². The lowest BCUT2D eigenvalue weighted by Crippen LogP contribution is -2.38. The molecule has 0 unspecified atom stereocenters. The van der Waals surface area contributed by atoms with Gasteiger partial charge in [-0.3, -0.25) is 0 Å². The Morgan fingerprint density at radius 1 is 1.00 bits per heavy atom. The van der Waals surface area contributed by atoms with E-state index in [0.29, 0.717) is 0 Å². The normalized spacial score (nSPS) is 30.8. The highest BCUT2D eigenvalue weighted by atomic mass is 28.4. The number of hydrogen-bond donors (Lipinski definition) is 0. The maximum absolute atomic E-state index is 3.78. The van der Waals surface area contributed by atoms with Crippen molar-refractivity contribution < 1.29 is 0 Å². The Balaban J connectivity index is 2.05. The molecule has 0 saturated carbocycles. The largest absolute Gasteiger partial charge is 0.103 e. The van der Waals surface area contributed by atoms with Crippen molar-refractivity contribution in [2.45, 2.75) is 23.4 Å². The molecule has 1 heterocycles. The Morgan fingerprint density at radius 3 is 1.70 bits per heavy atom. The highest BCUT2D eigenvalue weighted by molar-refractivity contribution is 6.95. The molecule has 0 nitrogen and oxygen atoms in total. The summed E-state index contributed by atoms with van der Waals surface area (Å²) in [5.41, 5.74) is 3.36. The van der Waals surface area contributed by atoms with Crippen LogP contribution >= 0.6 is 0 Å². The summed E-state index contributed by atoms with van der Waals surface area (Å²) in [6, 6.07) is 2.78. The van der Waals surface area contributed by atoms with Crippen molar-refractivity contribution in [3.05, 3.63) is 25.3 Å². The molecule has 0 aliphatic carbocycles. The van der Waals surface area contributed by atoms with Crippen molar-refractivity contribution >= 4 is 17.6 Å². The van der Waals surface area contributed by atoms with E-state index in [0.717, 1.165) is 0 Å². The van der Waals surface area contributed by atoms with Crippen molar-refractivity contribution in [3.8, 4) is 0 Å². The van der Waals surface area contributed by atoms with E-state index in [9.17, 15) is 0 Å². The molecule has 0 amide bonds. The zero-order valence-electron chi connectivity index (χ0n) is 6.55. The summed E-state index contributed by atoms with van der Waals surface area (Å²) in [7, 11) is -0.389. The molecule has 0 aromatic rings. The third-order valence-electron chi connectivity index (χ3n) is 2.33. The van der Waals surface area contributed by atoms with Gasteiger partial charge in [0.25, 0.3) is 0 Å². The van der Waals surface area contributed by atoms with E-state index in [-0.39, 0.29) is 17.6 Å². The Morgan fingerprint density at radius 2 is 1.40 bits per heavy atom. The third kappa shape index (κ3) is 1.95. The number of rotatable bonds is 4. The summed E-state index contributed by atoms with van der Waals surface area (Å²) in [5.74, 6) is 0. The minimum absolute atomic E-state index is 0.194. The fraction of sp³-hybridized carbons (Fsp3) is 0.500. The predicted molar refractivity (Wildman–Crippen MR) is 53.9 cm³/mol. The lowest BCUT2D eigenvalue weighted by atomic mass is 10.8. The molecule has 2 heteroatoms. The maximum Gasteiger partial charge on any atom is 0.0349 e. The Kier molecular flexibility index (Phi) is 3.15. The average molecular weight is 168 g/mol. The van der Waals surface area contributed by atoms with Crippen LogP contribution in [0.3, 0.4) is 0 Å². The zero-order valence-corrected chi connectivity index (χ0v) is 8.86. The quantitative estimate of drug-likeness (QED) is 0.444. The van der Waals surface area contributed by atoms with E-state index in [2.05, 4.69) is 25.3 Å². The van der Waals surface area contributed by atoms with Gasteiger partial charge in [0.1, 0.15) is 0 Å². The summed E-state index contributed by atoms with van der Waals surface area (Å²) in [4.78, 5) is 0. The van der Waals surface area contributed by atoms with Crippen molar-refractivity contribution in [1.82, 2.24) is 0 Å². The summed E-state index contributed by atoms with van der Waals surface area (Å²) in [6.45, 7) is 7.57. The van der Waals surface area contributed by atoms with Crippen LogP contribution in [0.5, 0.6) is 0 Å². The van der Waals surface area contributed by atoms with Crippen LogP contribution in [0.25, 0.3) is 0 Å². The molecule has 10 heavy (non-hydrogen) atoms. The molecular weight excluding hydrogens is 152 g/mol. The molecule has 0 aromatic heterocycles. The molecular formula is C8H16Si2. The highest BCUT2D eigenvalue weighted by Crippen LogP contribution is 2.26. The van der Waals surface area contributed by atoms with Gasteiger partial charge in [-0.1, -0.05) is 23.5 Å². The van der Waals surface area contributed by atoms with Gasteiger partial charge in [0.15, 0.2) is 0 Å². The first-order valence-electron chi connectivity index (χ1n) is 4.08. The van der Waals surface area contributed by atoms with E-state index in [4.69, 9.17) is 0 Å². The topological polar surface area (TPSA) is 0 Å². The van der Waals surface area contributed by atoms with Gasteiger partial charge in [-0.25, -0.2) is 0 Å². The van der Waals surface area contributed by atoms with Crippen LogP contribution in [0.1, 0.15) is 0 Å². The van der Waals surface area contributed by atoms with Gasteiger partial charge in [0.2, 0.25) is 0 Å². The van der Waals surface area contributed by atoms with Crippen LogP contribution in [0.2, 0.25) is 23.4 Å². The maximum atomic E-state index is 3.78. The molecule has 1 fully saturated rings. The lowest BCUT2D eigenvalue weighted by Gasteiger charge is -2.31. The van der Waals surface area contributed by atoms with Gasteiger partial charge in [-0.2, -0.15) is 0 Å². The van der Waals surface area contributed by atoms with Crippen molar-refractivity contribution in [3.63, 3.8) is 0 Å². The SMILES string of the molecule is C=CC[SiH]1C[SiH](CC=C)C1. The molecule has 56 valence electrons. The highest BCUT2D eigenvalue weighted by Gasteiger charge is 2.28. The molecule has 1 rings (SSSR count). The second kappa shape index (κ2) is 3.93. The minimum atomic E-state index is -0.194. The summed E-state index contributed by atoms with van der Waals surface area (Å²) >= 11 is 0. The van der Waals surface area contributed by atoms with Gasteiger partial charge in [-0.05, 0) is 12.1 Å². The molecule has 0 bridgehead atoms. The van der Waals surface area contributed by atoms with Gasteiger partial charge >= 0.3 is 0 Å². The Hall–Kier alpha value is -0.0862. The predicted octanol–water partition coefficient (Wildman–Crippen LogP) is 1.90. The van der Waals surface area contributed by atoms with E-state index in [1.807, 2.05) is 0 Å². The molecule has 0 radical (unpaired) electrons. The zero-order chi connectivity index (χ0) is 7.40. The van der Waals surface area contributed by atoms with E-state index >= 15 is 0 Å². The minimum Gasteiger partial charge on any atom is -0.103 e. The number of allylic oxidation sites excluding steroid dienone is 2. The smallest absolute Gasteiger partial charge is 0.0349 e. The first-order chi connectivity index (χ1) is 4.86. The first kappa shape index (κ1) is 8.01. The molecule has 1 aliphatic heterocycles. The molecule has 1 aliphatic rings. The van der Waals surface area contributed by atoms with Crippen LogP contribution < -0.4 is 0 Å². The monoisotopic (exact) mass is 168 g/mol. The fourth-order valence-corrected chi connectivity index (χ4v) is 12.7. The molecule has 1 saturated heterocycles. The van der Waals surface area contributed by atoms with Gasteiger partial charge in [0.05, 0.1) is 0 Å². The lowest BCUT2D eigenvalue weighted by molar-refractivity contribution is 1.39.